The normalized spacial score (nSPS) is 12.2. The second-order valence-electron chi connectivity index (χ2n) is 6.39. The molecule has 0 spiro atoms. The van der Waals surface area contributed by atoms with Crippen molar-refractivity contribution in [1.82, 2.24) is 20.9 Å². The Hall–Kier alpha value is -3.09. The van der Waals surface area contributed by atoms with Crippen LogP contribution in [0.4, 0.5) is 0 Å². The van der Waals surface area contributed by atoms with Gasteiger partial charge in [0.2, 0.25) is 0 Å². The number of nitrogens with zero attached hydrogens (tertiary/aromatic N) is 2. The number of aromatic nitrogens is 1. The molecule has 7 nitrogen and oxygen atoms in total. The molecule has 1 aromatic heterocycles. The number of pyridine rings is 1. The van der Waals surface area contributed by atoms with Crippen molar-refractivity contribution in [3.05, 3.63) is 59.9 Å². The third-order valence-electron chi connectivity index (χ3n) is 4.40. The Bertz CT molecular complexity index is 747. The van der Waals surface area contributed by atoms with Crippen molar-refractivity contribution >= 4 is 11.9 Å². The first-order chi connectivity index (χ1) is 13.6. The van der Waals surface area contributed by atoms with Gasteiger partial charge in [0.1, 0.15) is 5.75 Å². The Kier molecular flexibility index (Phi) is 8.78. The van der Waals surface area contributed by atoms with Crippen molar-refractivity contribution in [1.29, 1.82) is 0 Å². The molecule has 0 saturated carbocycles. The molecule has 2 rings (SSSR count). The predicted molar refractivity (Wildman–Crippen MR) is 112 cm³/mol. The maximum Gasteiger partial charge on any atom is 0.252 e. The van der Waals surface area contributed by atoms with E-state index >= 15 is 0 Å². The van der Waals surface area contributed by atoms with Crippen LogP contribution in [0, 0.1) is 0 Å². The lowest BCUT2D eigenvalue weighted by Gasteiger charge is -2.15. The van der Waals surface area contributed by atoms with Gasteiger partial charge in [-0.15, -0.1) is 0 Å². The number of carbonyl (C=O) groups excluding carboxylic acids is 1. The summed E-state index contributed by atoms with van der Waals surface area (Å²) in [5.74, 6) is 1.88. The van der Waals surface area contributed by atoms with Crippen molar-refractivity contribution in [2.24, 2.45) is 4.99 Å². The van der Waals surface area contributed by atoms with E-state index in [2.05, 4.69) is 45.0 Å². The standard InChI is InChI=1S/C21H29N5O2/c1-16(17-6-8-19(28-3)9-7-17)10-12-25-21(22-2)26-14-13-24-20(27)18-5-4-11-23-15-18/h4-9,11,15-16H,10,12-14H2,1-3H3,(H,24,27)(H2,22,25,26). The molecule has 2 aromatic rings. The number of amides is 1. The lowest BCUT2D eigenvalue weighted by molar-refractivity contribution is 0.0954. The maximum absolute atomic E-state index is 11.9. The molecule has 0 bridgehead atoms. The molecule has 0 aliphatic carbocycles. The van der Waals surface area contributed by atoms with Gasteiger partial charge in [-0.05, 0) is 42.2 Å². The van der Waals surface area contributed by atoms with Crippen LogP contribution in [0.1, 0.15) is 35.2 Å². The Morgan fingerprint density at radius 1 is 1.11 bits per heavy atom. The Balaban J connectivity index is 1.64. The van der Waals surface area contributed by atoms with Gasteiger partial charge in [0.15, 0.2) is 5.96 Å². The van der Waals surface area contributed by atoms with Crippen LogP contribution < -0.4 is 20.7 Å². The van der Waals surface area contributed by atoms with Crippen molar-refractivity contribution in [3.63, 3.8) is 0 Å². The van der Waals surface area contributed by atoms with Gasteiger partial charge in [0, 0.05) is 39.1 Å². The summed E-state index contributed by atoms with van der Waals surface area (Å²) in [6.45, 7) is 4.08. The first-order valence-electron chi connectivity index (χ1n) is 9.40. The van der Waals surface area contributed by atoms with E-state index in [1.54, 1.807) is 38.7 Å². The minimum atomic E-state index is -0.133. The van der Waals surface area contributed by atoms with Gasteiger partial charge in [-0.2, -0.15) is 0 Å². The van der Waals surface area contributed by atoms with E-state index in [-0.39, 0.29) is 5.91 Å². The van der Waals surface area contributed by atoms with Gasteiger partial charge in [0.05, 0.1) is 12.7 Å². The summed E-state index contributed by atoms with van der Waals surface area (Å²) in [6, 6.07) is 11.6. The molecular weight excluding hydrogens is 354 g/mol. The van der Waals surface area contributed by atoms with Crippen molar-refractivity contribution in [2.45, 2.75) is 19.3 Å². The molecule has 1 unspecified atom stereocenters. The highest BCUT2D eigenvalue weighted by Crippen LogP contribution is 2.21. The van der Waals surface area contributed by atoms with Crippen molar-refractivity contribution in [3.8, 4) is 5.75 Å². The number of nitrogens with one attached hydrogen (secondary N) is 3. The van der Waals surface area contributed by atoms with Crippen LogP contribution in [-0.2, 0) is 0 Å². The zero-order valence-corrected chi connectivity index (χ0v) is 16.7. The van der Waals surface area contributed by atoms with E-state index in [1.807, 2.05) is 12.1 Å². The summed E-state index contributed by atoms with van der Waals surface area (Å²) < 4.78 is 5.20. The quantitative estimate of drug-likeness (QED) is 0.351. The van der Waals surface area contributed by atoms with E-state index in [0.29, 0.717) is 24.6 Å². The second kappa shape index (κ2) is 11.6. The number of methoxy groups -OCH3 is 1. The highest BCUT2D eigenvalue weighted by Gasteiger charge is 2.07. The SMILES string of the molecule is CN=C(NCCNC(=O)c1cccnc1)NCCC(C)c1ccc(OC)cc1. The number of benzene rings is 1. The average molecular weight is 383 g/mol. The summed E-state index contributed by atoms with van der Waals surface area (Å²) in [7, 11) is 3.40. The van der Waals surface area contributed by atoms with Crippen LogP contribution in [0.3, 0.4) is 0 Å². The highest BCUT2D eigenvalue weighted by atomic mass is 16.5. The summed E-state index contributed by atoms with van der Waals surface area (Å²) in [4.78, 5) is 20.1. The summed E-state index contributed by atoms with van der Waals surface area (Å²) in [5, 5.41) is 9.35. The van der Waals surface area contributed by atoms with Gasteiger partial charge >= 0.3 is 0 Å². The Morgan fingerprint density at radius 3 is 2.46 bits per heavy atom. The first-order valence-corrected chi connectivity index (χ1v) is 9.40. The fraction of sp³-hybridized carbons (Fsp3) is 0.381. The number of hydrogen-bond donors (Lipinski definition) is 3. The fourth-order valence-electron chi connectivity index (χ4n) is 2.68. The molecule has 150 valence electrons. The van der Waals surface area contributed by atoms with Gasteiger partial charge < -0.3 is 20.7 Å². The lowest BCUT2D eigenvalue weighted by Crippen LogP contribution is -2.42. The van der Waals surface area contributed by atoms with Crippen LogP contribution >= 0.6 is 0 Å². The van der Waals surface area contributed by atoms with Crippen LogP contribution in [-0.4, -0.2) is 50.6 Å². The van der Waals surface area contributed by atoms with E-state index in [1.165, 1.54) is 5.56 Å². The first kappa shape index (κ1) is 21.2. The van der Waals surface area contributed by atoms with E-state index < -0.39 is 0 Å². The number of hydrogen-bond acceptors (Lipinski definition) is 4. The molecule has 0 aliphatic heterocycles. The van der Waals surface area contributed by atoms with Gasteiger partial charge in [-0.3, -0.25) is 14.8 Å². The number of guanidine groups is 1. The van der Waals surface area contributed by atoms with E-state index in [0.717, 1.165) is 24.7 Å². The number of rotatable bonds is 9. The molecule has 1 heterocycles. The maximum atomic E-state index is 11.9. The minimum Gasteiger partial charge on any atom is -0.497 e. The van der Waals surface area contributed by atoms with Gasteiger partial charge in [-0.1, -0.05) is 19.1 Å². The van der Waals surface area contributed by atoms with E-state index in [9.17, 15) is 4.79 Å². The van der Waals surface area contributed by atoms with E-state index in [4.69, 9.17) is 4.74 Å². The second-order valence-corrected chi connectivity index (χ2v) is 6.39. The van der Waals surface area contributed by atoms with Crippen LogP contribution in [0.25, 0.3) is 0 Å². The van der Waals surface area contributed by atoms with Crippen molar-refractivity contribution < 1.29 is 9.53 Å². The monoisotopic (exact) mass is 383 g/mol. The van der Waals surface area contributed by atoms with Crippen LogP contribution in [0.2, 0.25) is 0 Å². The highest BCUT2D eigenvalue weighted by molar-refractivity contribution is 5.93. The molecule has 28 heavy (non-hydrogen) atoms. The molecule has 0 saturated heterocycles. The van der Waals surface area contributed by atoms with Crippen LogP contribution in [0.5, 0.6) is 5.75 Å². The average Bonchev–Trinajstić information content (AvgIpc) is 2.75. The smallest absolute Gasteiger partial charge is 0.252 e. The third kappa shape index (κ3) is 6.90. The Morgan fingerprint density at radius 2 is 1.82 bits per heavy atom. The number of aliphatic imine (C=N–C) groups is 1. The van der Waals surface area contributed by atoms with Crippen LogP contribution in [0.15, 0.2) is 53.8 Å². The molecule has 0 radical (unpaired) electrons. The molecule has 3 N–H and O–H groups in total. The molecule has 7 heteroatoms. The molecule has 0 fully saturated rings. The topological polar surface area (TPSA) is 87.6 Å². The fourth-order valence-corrected chi connectivity index (χ4v) is 2.68. The zero-order valence-electron chi connectivity index (χ0n) is 16.7. The molecule has 1 amide bonds. The third-order valence-corrected chi connectivity index (χ3v) is 4.40. The van der Waals surface area contributed by atoms with Crippen molar-refractivity contribution in [2.75, 3.05) is 33.8 Å². The number of ether oxygens (including phenoxy) is 1. The molecule has 0 aliphatic rings. The summed E-state index contributed by atoms with van der Waals surface area (Å²) >= 11 is 0. The molecule has 1 atom stereocenters. The largest absolute Gasteiger partial charge is 0.497 e. The lowest BCUT2D eigenvalue weighted by atomic mass is 9.98. The minimum absolute atomic E-state index is 0.133. The number of carbonyl (C=O) groups is 1. The molecular formula is C21H29N5O2. The van der Waals surface area contributed by atoms with Gasteiger partial charge in [-0.25, -0.2) is 0 Å². The van der Waals surface area contributed by atoms with Gasteiger partial charge in [0.25, 0.3) is 5.91 Å². The zero-order chi connectivity index (χ0) is 20.2. The predicted octanol–water partition coefficient (Wildman–Crippen LogP) is 2.18. The molecule has 1 aromatic carbocycles. The summed E-state index contributed by atoms with van der Waals surface area (Å²) in [5.41, 5.74) is 1.83. The summed E-state index contributed by atoms with van der Waals surface area (Å²) in [6.07, 6.45) is 4.17. The Labute approximate surface area is 166 Å².